The number of nitrogens with zero attached hydrogens (tertiary/aromatic N) is 3. The van der Waals surface area contributed by atoms with Crippen molar-refractivity contribution in [3.05, 3.63) is 36.7 Å². The molecule has 0 saturated heterocycles. The second-order valence-corrected chi connectivity index (χ2v) is 4.55. The summed E-state index contributed by atoms with van der Waals surface area (Å²) in [6, 6.07) is 7.34. The molecular formula is C16H13N5O. The molecule has 2 N–H and O–H groups in total. The lowest BCUT2D eigenvalue weighted by atomic mass is 10.1. The summed E-state index contributed by atoms with van der Waals surface area (Å²) >= 11 is 0. The van der Waals surface area contributed by atoms with Gasteiger partial charge in [-0.1, -0.05) is 18.9 Å². The smallest absolute Gasteiger partial charge is 0.300 e. The Hall–Kier alpha value is -3.20. The number of carbonyl (C=O) groups is 1. The summed E-state index contributed by atoms with van der Waals surface area (Å²) in [5, 5.41) is 10.3. The van der Waals surface area contributed by atoms with E-state index in [1.807, 2.05) is 25.1 Å². The van der Waals surface area contributed by atoms with Crippen molar-refractivity contribution in [1.29, 1.82) is 0 Å². The van der Waals surface area contributed by atoms with E-state index in [1.165, 1.54) is 0 Å². The Balaban J connectivity index is 1.88. The van der Waals surface area contributed by atoms with Crippen molar-refractivity contribution < 1.29 is 4.79 Å². The number of hydrogen-bond donors (Lipinski definition) is 2. The van der Waals surface area contributed by atoms with Gasteiger partial charge in [-0.25, -0.2) is 9.97 Å². The average Bonchev–Trinajstić information content (AvgIpc) is 3.00. The van der Waals surface area contributed by atoms with Gasteiger partial charge in [0.05, 0.1) is 11.9 Å². The SMILES string of the molecule is CCC#CC(=O)Nc1cccc(-c2cnc3[nH]ncc3c2)n1. The van der Waals surface area contributed by atoms with E-state index in [1.54, 1.807) is 18.5 Å². The standard InChI is InChI=1S/C16H13N5O/c1-2-3-7-15(22)20-14-6-4-5-13(19-14)11-8-12-10-18-21-16(12)17-9-11/h4-6,8-10H,2H2,1H3,(H,17,18,21)(H,19,20,22). The van der Waals surface area contributed by atoms with E-state index in [4.69, 9.17) is 0 Å². The fourth-order valence-corrected chi connectivity index (χ4v) is 1.96. The normalized spacial score (nSPS) is 10.0. The predicted molar refractivity (Wildman–Crippen MR) is 83.8 cm³/mol. The molecule has 6 heteroatoms. The maximum absolute atomic E-state index is 11.6. The number of carbonyl (C=O) groups excluding carboxylic acids is 1. The second kappa shape index (κ2) is 6.06. The Morgan fingerprint density at radius 3 is 3.14 bits per heavy atom. The van der Waals surface area contributed by atoms with Gasteiger partial charge in [0.15, 0.2) is 5.65 Å². The molecule has 3 aromatic rings. The summed E-state index contributed by atoms with van der Waals surface area (Å²) in [7, 11) is 0. The number of H-pyrrole nitrogens is 1. The molecule has 3 heterocycles. The van der Waals surface area contributed by atoms with Gasteiger partial charge in [-0.2, -0.15) is 5.10 Å². The van der Waals surface area contributed by atoms with Gasteiger partial charge >= 0.3 is 5.91 Å². The van der Waals surface area contributed by atoms with Crippen LogP contribution in [0.25, 0.3) is 22.3 Å². The number of hydrogen-bond acceptors (Lipinski definition) is 4. The molecule has 0 radical (unpaired) electrons. The van der Waals surface area contributed by atoms with E-state index < -0.39 is 0 Å². The highest BCUT2D eigenvalue weighted by Gasteiger charge is 2.05. The molecule has 22 heavy (non-hydrogen) atoms. The van der Waals surface area contributed by atoms with Crippen molar-refractivity contribution in [2.75, 3.05) is 5.32 Å². The van der Waals surface area contributed by atoms with Crippen molar-refractivity contribution in [3.8, 4) is 23.1 Å². The van der Waals surface area contributed by atoms with Crippen LogP contribution in [0.3, 0.4) is 0 Å². The van der Waals surface area contributed by atoms with Crippen LogP contribution in [0.4, 0.5) is 5.82 Å². The highest BCUT2D eigenvalue weighted by molar-refractivity contribution is 6.03. The zero-order valence-corrected chi connectivity index (χ0v) is 11.9. The molecular weight excluding hydrogens is 278 g/mol. The van der Waals surface area contributed by atoms with Gasteiger partial charge in [0.25, 0.3) is 0 Å². The molecule has 6 nitrogen and oxygen atoms in total. The largest absolute Gasteiger partial charge is 0.301 e. The van der Waals surface area contributed by atoms with Gasteiger partial charge in [-0.3, -0.25) is 15.2 Å². The lowest BCUT2D eigenvalue weighted by Gasteiger charge is -2.04. The first kappa shape index (κ1) is 13.8. The van der Waals surface area contributed by atoms with Crippen molar-refractivity contribution >= 4 is 22.8 Å². The van der Waals surface area contributed by atoms with Crippen LogP contribution in [-0.4, -0.2) is 26.1 Å². The molecule has 0 aliphatic carbocycles. The first-order valence-corrected chi connectivity index (χ1v) is 6.82. The summed E-state index contributed by atoms with van der Waals surface area (Å²) in [5.74, 6) is 5.31. The van der Waals surface area contributed by atoms with Crippen LogP contribution in [0.15, 0.2) is 36.7 Å². The first-order chi connectivity index (χ1) is 10.8. The molecule has 0 unspecified atom stereocenters. The molecule has 0 spiro atoms. The fraction of sp³-hybridized carbons (Fsp3) is 0.125. The van der Waals surface area contributed by atoms with Crippen LogP contribution >= 0.6 is 0 Å². The number of nitrogens with one attached hydrogen (secondary N) is 2. The molecule has 0 aliphatic heterocycles. The molecule has 0 saturated carbocycles. The Morgan fingerprint density at radius 1 is 1.36 bits per heavy atom. The third-order valence-electron chi connectivity index (χ3n) is 2.96. The average molecular weight is 291 g/mol. The number of aromatic nitrogens is 4. The van der Waals surface area contributed by atoms with E-state index >= 15 is 0 Å². The molecule has 1 amide bonds. The molecule has 108 valence electrons. The fourth-order valence-electron chi connectivity index (χ4n) is 1.96. The van der Waals surface area contributed by atoms with Crippen LogP contribution in [0.1, 0.15) is 13.3 Å². The maximum atomic E-state index is 11.6. The Kier molecular flexibility index (Phi) is 3.79. The van der Waals surface area contributed by atoms with E-state index in [0.717, 1.165) is 22.3 Å². The van der Waals surface area contributed by atoms with Crippen molar-refractivity contribution in [3.63, 3.8) is 0 Å². The van der Waals surface area contributed by atoms with Crippen LogP contribution < -0.4 is 5.32 Å². The molecule has 0 atom stereocenters. The van der Waals surface area contributed by atoms with Gasteiger partial charge in [-0.15, -0.1) is 0 Å². The number of rotatable bonds is 2. The summed E-state index contributed by atoms with van der Waals surface area (Å²) < 4.78 is 0. The third kappa shape index (κ3) is 2.94. The molecule has 0 aromatic carbocycles. The highest BCUT2D eigenvalue weighted by atomic mass is 16.1. The van der Waals surface area contributed by atoms with Gasteiger partial charge in [0.1, 0.15) is 5.82 Å². The first-order valence-electron chi connectivity index (χ1n) is 6.82. The number of amides is 1. The zero-order chi connectivity index (χ0) is 15.4. The zero-order valence-electron chi connectivity index (χ0n) is 11.9. The number of pyridine rings is 2. The number of fused-ring (bicyclic) bond motifs is 1. The van der Waals surface area contributed by atoms with Crippen LogP contribution in [-0.2, 0) is 4.79 Å². The lowest BCUT2D eigenvalue weighted by molar-refractivity contribution is -0.111. The minimum absolute atomic E-state index is 0.366. The maximum Gasteiger partial charge on any atom is 0.301 e. The van der Waals surface area contributed by atoms with Crippen LogP contribution in [0.5, 0.6) is 0 Å². The lowest BCUT2D eigenvalue weighted by Crippen LogP contribution is -2.09. The number of aromatic amines is 1. The van der Waals surface area contributed by atoms with Crippen LogP contribution in [0.2, 0.25) is 0 Å². The van der Waals surface area contributed by atoms with Gasteiger partial charge in [0.2, 0.25) is 0 Å². The third-order valence-corrected chi connectivity index (χ3v) is 2.96. The van der Waals surface area contributed by atoms with E-state index in [2.05, 4.69) is 37.3 Å². The predicted octanol–water partition coefficient (Wildman–Crippen LogP) is 2.37. The Morgan fingerprint density at radius 2 is 2.27 bits per heavy atom. The Bertz CT molecular complexity index is 888. The van der Waals surface area contributed by atoms with Gasteiger partial charge in [0, 0.05) is 23.6 Å². The quantitative estimate of drug-likeness (QED) is 0.710. The highest BCUT2D eigenvalue weighted by Crippen LogP contribution is 2.21. The summed E-state index contributed by atoms with van der Waals surface area (Å²) in [5.41, 5.74) is 2.30. The van der Waals surface area contributed by atoms with Gasteiger partial charge in [-0.05, 0) is 24.1 Å². The van der Waals surface area contributed by atoms with E-state index in [9.17, 15) is 4.79 Å². The minimum Gasteiger partial charge on any atom is -0.300 e. The van der Waals surface area contributed by atoms with E-state index in [0.29, 0.717) is 12.2 Å². The second-order valence-electron chi connectivity index (χ2n) is 4.55. The van der Waals surface area contributed by atoms with Crippen molar-refractivity contribution in [1.82, 2.24) is 20.2 Å². The van der Waals surface area contributed by atoms with E-state index in [-0.39, 0.29) is 5.91 Å². The monoisotopic (exact) mass is 291 g/mol. The summed E-state index contributed by atoms with van der Waals surface area (Å²) in [4.78, 5) is 20.3. The number of anilines is 1. The van der Waals surface area contributed by atoms with Crippen LogP contribution in [0, 0.1) is 11.8 Å². The van der Waals surface area contributed by atoms with Crippen molar-refractivity contribution in [2.45, 2.75) is 13.3 Å². The molecule has 0 fully saturated rings. The van der Waals surface area contributed by atoms with Gasteiger partial charge < -0.3 is 0 Å². The topological polar surface area (TPSA) is 83.6 Å². The van der Waals surface area contributed by atoms with Crippen molar-refractivity contribution in [2.24, 2.45) is 0 Å². The molecule has 0 aliphatic rings. The summed E-state index contributed by atoms with van der Waals surface area (Å²) in [6.45, 7) is 1.89. The molecule has 0 bridgehead atoms. The minimum atomic E-state index is -0.366. The Labute approximate surface area is 127 Å². The summed E-state index contributed by atoms with van der Waals surface area (Å²) in [6.07, 6.45) is 4.06. The molecule has 3 rings (SSSR count). The molecule has 3 aromatic heterocycles.